The summed E-state index contributed by atoms with van der Waals surface area (Å²) in [6.45, 7) is 4.01. The SMILES string of the molecule is Cc1cc(Nc2ncnn3ccc(C4CNC4)c23)ccc1Oc1ccn2ccnc2c1. The predicted octanol–water partition coefficient (Wildman–Crippen LogP) is 3.91. The Labute approximate surface area is 178 Å². The lowest BCUT2D eigenvalue weighted by Gasteiger charge is -2.27. The highest BCUT2D eigenvalue weighted by molar-refractivity contribution is 5.77. The number of nitrogens with zero attached hydrogens (tertiary/aromatic N) is 5. The van der Waals surface area contributed by atoms with E-state index in [2.05, 4.69) is 37.8 Å². The van der Waals surface area contributed by atoms with Crippen LogP contribution in [-0.2, 0) is 0 Å². The summed E-state index contributed by atoms with van der Waals surface area (Å²) in [5, 5.41) is 11.2. The molecule has 0 radical (unpaired) electrons. The van der Waals surface area contributed by atoms with Crippen molar-refractivity contribution < 1.29 is 4.74 Å². The molecule has 1 aromatic carbocycles. The zero-order valence-electron chi connectivity index (χ0n) is 17.0. The molecule has 1 aliphatic heterocycles. The summed E-state index contributed by atoms with van der Waals surface area (Å²) in [5.41, 5.74) is 5.13. The summed E-state index contributed by atoms with van der Waals surface area (Å²) >= 11 is 0. The van der Waals surface area contributed by atoms with Gasteiger partial charge in [-0.05, 0) is 48.4 Å². The molecule has 31 heavy (non-hydrogen) atoms. The first-order valence-corrected chi connectivity index (χ1v) is 10.3. The lowest BCUT2D eigenvalue weighted by molar-refractivity contribution is 0.451. The number of aryl methyl sites for hydroxylation is 1. The van der Waals surface area contributed by atoms with Crippen LogP contribution in [0.3, 0.4) is 0 Å². The van der Waals surface area contributed by atoms with Gasteiger partial charge in [0.15, 0.2) is 5.82 Å². The number of pyridine rings is 1. The van der Waals surface area contributed by atoms with Gasteiger partial charge in [0.05, 0.1) is 0 Å². The normalized spacial score (nSPS) is 14.1. The Hall–Kier alpha value is -3.91. The Kier molecular flexibility index (Phi) is 4.10. The fraction of sp³-hybridized carbons (Fsp3) is 0.174. The summed E-state index contributed by atoms with van der Waals surface area (Å²) in [5.74, 6) is 2.87. The van der Waals surface area contributed by atoms with Gasteiger partial charge >= 0.3 is 0 Å². The Morgan fingerprint density at radius 3 is 2.84 bits per heavy atom. The molecule has 1 fully saturated rings. The molecule has 0 aliphatic carbocycles. The van der Waals surface area contributed by atoms with Crippen LogP contribution >= 0.6 is 0 Å². The quantitative estimate of drug-likeness (QED) is 0.456. The molecule has 5 aromatic rings. The van der Waals surface area contributed by atoms with Crippen molar-refractivity contribution in [3.8, 4) is 11.5 Å². The average molecular weight is 411 g/mol. The number of imidazole rings is 1. The number of ether oxygens (including phenoxy) is 1. The maximum absolute atomic E-state index is 6.10. The molecule has 0 bridgehead atoms. The van der Waals surface area contributed by atoms with E-state index >= 15 is 0 Å². The molecule has 1 aliphatic rings. The Morgan fingerprint density at radius 1 is 1.06 bits per heavy atom. The number of aromatic nitrogens is 5. The number of benzene rings is 1. The number of hydrogen-bond donors (Lipinski definition) is 2. The predicted molar refractivity (Wildman–Crippen MR) is 118 cm³/mol. The van der Waals surface area contributed by atoms with Gasteiger partial charge in [0.2, 0.25) is 0 Å². The van der Waals surface area contributed by atoms with Crippen LogP contribution in [0.2, 0.25) is 0 Å². The molecule has 5 heterocycles. The Bertz CT molecular complexity index is 1400. The summed E-state index contributed by atoms with van der Waals surface area (Å²) in [7, 11) is 0. The monoisotopic (exact) mass is 411 g/mol. The first kappa shape index (κ1) is 17.9. The molecule has 2 N–H and O–H groups in total. The first-order chi connectivity index (χ1) is 15.2. The molecular formula is C23H21N7O. The van der Waals surface area contributed by atoms with Gasteiger partial charge < -0.3 is 19.8 Å². The molecule has 0 saturated carbocycles. The zero-order chi connectivity index (χ0) is 20.8. The lowest BCUT2D eigenvalue weighted by Crippen LogP contribution is -2.39. The first-order valence-electron chi connectivity index (χ1n) is 10.3. The van der Waals surface area contributed by atoms with E-state index in [4.69, 9.17) is 4.74 Å². The number of fused-ring (bicyclic) bond motifs is 2. The maximum atomic E-state index is 6.10. The summed E-state index contributed by atoms with van der Waals surface area (Å²) in [6.07, 6.45) is 9.19. The third kappa shape index (κ3) is 3.17. The number of anilines is 2. The lowest BCUT2D eigenvalue weighted by atomic mass is 9.95. The minimum Gasteiger partial charge on any atom is -0.457 e. The van der Waals surface area contributed by atoms with Crippen molar-refractivity contribution in [2.75, 3.05) is 18.4 Å². The zero-order valence-corrected chi connectivity index (χ0v) is 17.0. The van der Waals surface area contributed by atoms with E-state index in [-0.39, 0.29) is 0 Å². The van der Waals surface area contributed by atoms with E-state index in [0.717, 1.165) is 52.8 Å². The fourth-order valence-corrected chi connectivity index (χ4v) is 3.97. The van der Waals surface area contributed by atoms with Crippen molar-refractivity contribution in [1.29, 1.82) is 0 Å². The van der Waals surface area contributed by atoms with Gasteiger partial charge in [-0.1, -0.05) is 0 Å². The van der Waals surface area contributed by atoms with Crippen molar-refractivity contribution >= 4 is 22.7 Å². The van der Waals surface area contributed by atoms with E-state index in [1.165, 1.54) is 5.56 Å². The van der Waals surface area contributed by atoms with E-state index in [1.54, 1.807) is 12.5 Å². The van der Waals surface area contributed by atoms with Gasteiger partial charge in [-0.3, -0.25) is 0 Å². The molecule has 0 atom stereocenters. The topological polar surface area (TPSA) is 80.8 Å². The smallest absolute Gasteiger partial charge is 0.158 e. The van der Waals surface area contributed by atoms with E-state index < -0.39 is 0 Å². The van der Waals surface area contributed by atoms with Crippen molar-refractivity contribution in [2.24, 2.45) is 0 Å². The van der Waals surface area contributed by atoms with Crippen LogP contribution in [0.25, 0.3) is 11.2 Å². The molecule has 8 nitrogen and oxygen atoms in total. The van der Waals surface area contributed by atoms with Gasteiger partial charge in [0.25, 0.3) is 0 Å². The maximum Gasteiger partial charge on any atom is 0.158 e. The van der Waals surface area contributed by atoms with Gasteiger partial charge in [-0.2, -0.15) is 5.10 Å². The number of hydrogen-bond acceptors (Lipinski definition) is 6. The molecular weight excluding hydrogens is 390 g/mol. The molecule has 4 aromatic heterocycles. The molecule has 0 spiro atoms. The fourth-order valence-electron chi connectivity index (χ4n) is 3.97. The van der Waals surface area contributed by atoms with E-state index in [9.17, 15) is 0 Å². The summed E-state index contributed by atoms with van der Waals surface area (Å²) in [4.78, 5) is 8.83. The molecule has 6 rings (SSSR count). The standard InChI is InChI=1S/C23H21N7O/c1-15-10-17(2-3-20(15)31-18-4-7-29-9-6-25-21(29)11-18)28-23-22-19(16-12-24-13-16)5-8-30(22)27-14-26-23/h2-11,14,16,24H,12-13H2,1H3,(H,26,27,28). The molecule has 0 unspecified atom stereocenters. The van der Waals surface area contributed by atoms with Crippen LogP contribution in [0.5, 0.6) is 11.5 Å². The highest BCUT2D eigenvalue weighted by Crippen LogP contribution is 2.32. The Morgan fingerprint density at radius 2 is 2.00 bits per heavy atom. The van der Waals surface area contributed by atoms with Crippen molar-refractivity contribution in [3.63, 3.8) is 0 Å². The number of nitrogens with one attached hydrogen (secondary N) is 2. The van der Waals surface area contributed by atoms with Crippen molar-refractivity contribution in [3.05, 3.63) is 78.6 Å². The van der Waals surface area contributed by atoms with Crippen LogP contribution < -0.4 is 15.4 Å². The van der Waals surface area contributed by atoms with Gasteiger partial charge in [0, 0.05) is 55.5 Å². The minimum atomic E-state index is 0.501. The van der Waals surface area contributed by atoms with Gasteiger partial charge in [-0.15, -0.1) is 0 Å². The van der Waals surface area contributed by atoms with Crippen molar-refractivity contribution in [2.45, 2.75) is 12.8 Å². The van der Waals surface area contributed by atoms with Crippen LogP contribution in [0.4, 0.5) is 11.5 Å². The summed E-state index contributed by atoms with van der Waals surface area (Å²) in [6, 6.07) is 12.0. The van der Waals surface area contributed by atoms with Gasteiger partial charge in [-0.25, -0.2) is 14.5 Å². The molecule has 8 heteroatoms. The highest BCUT2D eigenvalue weighted by atomic mass is 16.5. The third-order valence-corrected chi connectivity index (χ3v) is 5.74. The molecule has 1 saturated heterocycles. The minimum absolute atomic E-state index is 0.501. The number of rotatable bonds is 5. The highest BCUT2D eigenvalue weighted by Gasteiger charge is 2.24. The summed E-state index contributed by atoms with van der Waals surface area (Å²) < 4.78 is 9.94. The second-order valence-electron chi connectivity index (χ2n) is 7.79. The largest absolute Gasteiger partial charge is 0.457 e. The third-order valence-electron chi connectivity index (χ3n) is 5.74. The molecule has 0 amide bonds. The van der Waals surface area contributed by atoms with Crippen LogP contribution in [0.15, 0.2) is 67.5 Å². The van der Waals surface area contributed by atoms with Gasteiger partial charge in [0.1, 0.15) is 29.0 Å². The average Bonchev–Trinajstić information content (AvgIpc) is 3.36. The Balaban J connectivity index is 1.28. The van der Waals surface area contributed by atoms with Crippen LogP contribution in [0.1, 0.15) is 17.0 Å². The molecule has 154 valence electrons. The van der Waals surface area contributed by atoms with Crippen molar-refractivity contribution in [1.82, 2.24) is 29.3 Å². The van der Waals surface area contributed by atoms with Crippen LogP contribution in [-0.4, -0.2) is 37.1 Å². The van der Waals surface area contributed by atoms with Crippen LogP contribution in [0, 0.1) is 6.92 Å². The second-order valence-corrected chi connectivity index (χ2v) is 7.79. The second kappa shape index (κ2) is 7.10. The van der Waals surface area contributed by atoms with E-state index in [1.807, 2.05) is 58.7 Å². The van der Waals surface area contributed by atoms with E-state index in [0.29, 0.717) is 5.92 Å².